The number of anilines is 1. The van der Waals surface area contributed by atoms with Crippen LogP contribution in [0.3, 0.4) is 0 Å². The Morgan fingerprint density at radius 1 is 1.39 bits per heavy atom. The van der Waals surface area contributed by atoms with Gasteiger partial charge in [0.15, 0.2) is 0 Å². The van der Waals surface area contributed by atoms with Crippen molar-refractivity contribution in [1.29, 1.82) is 0 Å². The SMILES string of the molecule is Cc1nc(C(C)Nc2cccc(Cl)c2Br)c(C)s1. The van der Waals surface area contributed by atoms with Crippen LogP contribution in [0.1, 0.15) is 28.5 Å². The van der Waals surface area contributed by atoms with Crippen molar-refractivity contribution in [3.8, 4) is 0 Å². The molecule has 96 valence electrons. The molecular formula is C13H14BrClN2S. The molecule has 5 heteroatoms. The second-order valence-corrected chi connectivity index (χ2v) is 6.75. The number of thiazole rings is 1. The maximum absolute atomic E-state index is 6.08. The first-order chi connectivity index (χ1) is 8.49. The number of nitrogens with one attached hydrogen (secondary N) is 1. The van der Waals surface area contributed by atoms with Crippen LogP contribution < -0.4 is 5.32 Å². The maximum atomic E-state index is 6.08. The minimum absolute atomic E-state index is 0.157. The lowest BCUT2D eigenvalue weighted by molar-refractivity contribution is 0.836. The summed E-state index contributed by atoms with van der Waals surface area (Å²) in [7, 11) is 0. The van der Waals surface area contributed by atoms with Gasteiger partial charge in [0.25, 0.3) is 0 Å². The maximum Gasteiger partial charge on any atom is 0.0901 e. The second-order valence-electron chi connectivity index (χ2n) is 4.14. The van der Waals surface area contributed by atoms with Crippen molar-refractivity contribution in [2.45, 2.75) is 26.8 Å². The number of hydrogen-bond donors (Lipinski definition) is 1. The molecule has 0 saturated carbocycles. The molecule has 18 heavy (non-hydrogen) atoms. The molecule has 1 aromatic carbocycles. The zero-order chi connectivity index (χ0) is 13.3. The van der Waals surface area contributed by atoms with Crippen molar-refractivity contribution in [3.63, 3.8) is 0 Å². The fourth-order valence-electron chi connectivity index (χ4n) is 1.86. The molecule has 2 nitrogen and oxygen atoms in total. The van der Waals surface area contributed by atoms with Crippen molar-refractivity contribution in [2.75, 3.05) is 5.32 Å². The van der Waals surface area contributed by atoms with Crippen molar-refractivity contribution >= 4 is 44.6 Å². The quantitative estimate of drug-likeness (QED) is 0.811. The van der Waals surface area contributed by atoms with Crippen LogP contribution >= 0.6 is 38.9 Å². The third-order valence-corrected chi connectivity index (χ3v) is 4.97. The van der Waals surface area contributed by atoms with E-state index in [1.807, 2.05) is 25.1 Å². The molecule has 1 N–H and O–H groups in total. The van der Waals surface area contributed by atoms with Crippen LogP contribution in [-0.2, 0) is 0 Å². The number of benzene rings is 1. The largest absolute Gasteiger partial charge is 0.376 e. The topological polar surface area (TPSA) is 24.9 Å². The Bertz CT molecular complexity index is 568. The Kier molecular flexibility index (Phi) is 4.30. The number of rotatable bonds is 3. The van der Waals surface area contributed by atoms with Crippen LogP contribution in [0.5, 0.6) is 0 Å². The molecule has 0 spiro atoms. The van der Waals surface area contributed by atoms with Gasteiger partial charge in [0.1, 0.15) is 0 Å². The van der Waals surface area contributed by atoms with Crippen LogP contribution in [0.25, 0.3) is 0 Å². The lowest BCUT2D eigenvalue weighted by Gasteiger charge is -2.16. The van der Waals surface area contributed by atoms with Crippen molar-refractivity contribution in [2.24, 2.45) is 0 Å². The van der Waals surface area contributed by atoms with Gasteiger partial charge in [0.2, 0.25) is 0 Å². The fraction of sp³-hybridized carbons (Fsp3) is 0.308. The summed E-state index contributed by atoms with van der Waals surface area (Å²) in [6.07, 6.45) is 0. The highest BCUT2D eigenvalue weighted by Gasteiger charge is 2.14. The molecule has 1 aromatic heterocycles. The number of nitrogens with zero attached hydrogens (tertiary/aromatic N) is 1. The summed E-state index contributed by atoms with van der Waals surface area (Å²) in [6.45, 7) is 6.24. The number of hydrogen-bond acceptors (Lipinski definition) is 3. The van der Waals surface area contributed by atoms with Crippen molar-refractivity contribution in [3.05, 3.63) is 43.3 Å². The van der Waals surface area contributed by atoms with Gasteiger partial charge in [0, 0.05) is 4.88 Å². The zero-order valence-electron chi connectivity index (χ0n) is 10.4. The molecule has 0 fully saturated rings. The highest BCUT2D eigenvalue weighted by Crippen LogP contribution is 2.33. The summed E-state index contributed by atoms with van der Waals surface area (Å²) in [5, 5.41) is 5.24. The predicted octanol–water partition coefficient (Wildman–Crippen LogP) is 5.35. The van der Waals surface area contributed by atoms with Crippen LogP contribution in [0.2, 0.25) is 5.02 Å². The van der Waals surface area contributed by atoms with Crippen LogP contribution in [0, 0.1) is 13.8 Å². The Labute approximate surface area is 125 Å². The van der Waals surface area contributed by atoms with E-state index in [9.17, 15) is 0 Å². The predicted molar refractivity (Wildman–Crippen MR) is 82.8 cm³/mol. The van der Waals surface area contributed by atoms with E-state index < -0.39 is 0 Å². The zero-order valence-corrected chi connectivity index (χ0v) is 13.6. The van der Waals surface area contributed by atoms with Gasteiger partial charge >= 0.3 is 0 Å². The number of aryl methyl sites for hydroxylation is 2. The van der Waals surface area contributed by atoms with E-state index in [2.05, 4.69) is 40.1 Å². The van der Waals surface area contributed by atoms with Crippen molar-refractivity contribution < 1.29 is 0 Å². The first kappa shape index (κ1) is 13.8. The average Bonchev–Trinajstić information content (AvgIpc) is 2.64. The molecule has 0 aliphatic rings. The molecule has 0 bridgehead atoms. The summed E-state index contributed by atoms with van der Waals surface area (Å²) in [5.74, 6) is 0. The number of halogens is 2. The molecule has 2 rings (SSSR count). The standard InChI is InChI=1S/C13H14BrClN2S/c1-7(13-8(2)18-9(3)17-13)16-11-6-4-5-10(15)12(11)14/h4-7,16H,1-3H3. The first-order valence-corrected chi connectivity index (χ1v) is 7.62. The molecule has 0 aliphatic heterocycles. The number of aromatic nitrogens is 1. The Morgan fingerprint density at radius 2 is 2.11 bits per heavy atom. The minimum atomic E-state index is 0.157. The average molecular weight is 346 g/mol. The van der Waals surface area contributed by atoms with Gasteiger partial charge in [-0.05, 0) is 48.8 Å². The molecule has 1 unspecified atom stereocenters. The third-order valence-electron chi connectivity index (χ3n) is 2.67. The summed E-state index contributed by atoms with van der Waals surface area (Å²) in [6, 6.07) is 5.95. The van der Waals surface area contributed by atoms with Crippen LogP contribution in [0.15, 0.2) is 22.7 Å². The van der Waals surface area contributed by atoms with Gasteiger partial charge in [-0.2, -0.15) is 0 Å². The molecular weight excluding hydrogens is 332 g/mol. The van der Waals surface area contributed by atoms with Gasteiger partial charge in [0.05, 0.1) is 31.9 Å². The van der Waals surface area contributed by atoms with E-state index in [1.54, 1.807) is 11.3 Å². The molecule has 0 amide bonds. The van der Waals surface area contributed by atoms with Gasteiger partial charge in [-0.1, -0.05) is 17.7 Å². The Balaban J connectivity index is 2.24. The van der Waals surface area contributed by atoms with Crippen molar-refractivity contribution in [1.82, 2.24) is 4.98 Å². The normalized spacial score (nSPS) is 12.5. The minimum Gasteiger partial charge on any atom is -0.376 e. The highest BCUT2D eigenvalue weighted by atomic mass is 79.9. The molecule has 2 aromatic rings. The van der Waals surface area contributed by atoms with Gasteiger partial charge in [-0.25, -0.2) is 4.98 Å². The third kappa shape index (κ3) is 2.87. The highest BCUT2D eigenvalue weighted by molar-refractivity contribution is 9.10. The first-order valence-electron chi connectivity index (χ1n) is 5.63. The van der Waals surface area contributed by atoms with Gasteiger partial charge in [-0.3, -0.25) is 0 Å². The van der Waals surface area contributed by atoms with E-state index in [0.717, 1.165) is 20.9 Å². The van der Waals surface area contributed by atoms with E-state index in [0.29, 0.717) is 5.02 Å². The van der Waals surface area contributed by atoms with Gasteiger partial charge < -0.3 is 5.32 Å². The lowest BCUT2D eigenvalue weighted by Crippen LogP contribution is -2.08. The van der Waals surface area contributed by atoms with E-state index in [-0.39, 0.29) is 6.04 Å². The van der Waals surface area contributed by atoms with Crippen LogP contribution in [-0.4, -0.2) is 4.98 Å². The molecule has 1 heterocycles. The Hall–Kier alpha value is -0.580. The smallest absolute Gasteiger partial charge is 0.0901 e. The van der Waals surface area contributed by atoms with Crippen LogP contribution in [0.4, 0.5) is 5.69 Å². The molecule has 0 saturated heterocycles. The van der Waals surface area contributed by atoms with E-state index in [4.69, 9.17) is 11.6 Å². The molecule has 0 aliphatic carbocycles. The fourth-order valence-corrected chi connectivity index (χ4v) is 3.33. The Morgan fingerprint density at radius 3 is 2.72 bits per heavy atom. The summed E-state index contributed by atoms with van der Waals surface area (Å²) < 4.78 is 0.892. The van der Waals surface area contributed by atoms with E-state index in [1.165, 1.54) is 4.88 Å². The summed E-state index contributed by atoms with van der Waals surface area (Å²) >= 11 is 11.3. The summed E-state index contributed by atoms with van der Waals surface area (Å²) in [5.41, 5.74) is 2.09. The lowest BCUT2D eigenvalue weighted by atomic mass is 10.2. The van der Waals surface area contributed by atoms with Gasteiger partial charge in [-0.15, -0.1) is 11.3 Å². The molecule has 0 radical (unpaired) electrons. The van der Waals surface area contributed by atoms with E-state index >= 15 is 0 Å². The molecule has 1 atom stereocenters. The second kappa shape index (κ2) is 5.59. The monoisotopic (exact) mass is 344 g/mol. The summed E-state index contributed by atoms with van der Waals surface area (Å²) in [4.78, 5) is 5.82.